The van der Waals surface area contributed by atoms with E-state index in [-0.39, 0.29) is 34.1 Å². The highest BCUT2D eigenvalue weighted by Gasteiger charge is 2.46. The number of hydrogen-bond donors (Lipinski definition) is 0. The Bertz CT molecular complexity index is 3250. The lowest BCUT2D eigenvalue weighted by molar-refractivity contribution is 0.0597. The summed E-state index contributed by atoms with van der Waals surface area (Å²) in [7, 11) is 1.58. The van der Waals surface area contributed by atoms with Gasteiger partial charge in [0.2, 0.25) is 0 Å². The molecule has 2 aliphatic heterocycles. The molecule has 3 heterocycles. The first kappa shape index (κ1) is 47.2. The van der Waals surface area contributed by atoms with E-state index in [1.807, 2.05) is 66.7 Å². The Balaban J connectivity index is 1.14. The Morgan fingerprint density at radius 2 is 1.22 bits per heavy atom. The number of anilines is 1. The van der Waals surface area contributed by atoms with E-state index in [1.165, 1.54) is 9.80 Å². The van der Waals surface area contributed by atoms with E-state index in [0.717, 1.165) is 92.2 Å². The maximum Gasteiger partial charge on any atom is 0.267 e. The molecule has 2 unspecified atom stereocenters. The summed E-state index contributed by atoms with van der Waals surface area (Å²) in [6.07, 6.45) is 5.18. The topological polar surface area (TPSA) is 114 Å². The van der Waals surface area contributed by atoms with Gasteiger partial charge in [-0.3, -0.25) is 28.9 Å². The monoisotopic (exact) mass is 991 g/mol. The largest absolute Gasteiger partial charge is 0.376 e. The Morgan fingerprint density at radius 1 is 0.623 bits per heavy atom. The van der Waals surface area contributed by atoms with Gasteiger partial charge in [0.1, 0.15) is 0 Å². The summed E-state index contributed by atoms with van der Waals surface area (Å²) >= 11 is 12.4. The van der Waals surface area contributed by atoms with E-state index in [0.29, 0.717) is 44.3 Å². The fraction of sp³-hybridized carbons (Fsp3) is 0.286. The third-order valence-corrected chi connectivity index (χ3v) is 17.7. The Labute approximate surface area is 419 Å². The molecule has 4 amide bonds. The number of hydrogen-bond acceptors (Lipinski definition) is 10. The third kappa shape index (κ3) is 8.06. The van der Waals surface area contributed by atoms with Crippen molar-refractivity contribution in [2.24, 2.45) is 0 Å². The van der Waals surface area contributed by atoms with Crippen molar-refractivity contribution in [1.29, 1.82) is 0 Å². The molecule has 1 aliphatic carbocycles. The number of benzene rings is 6. The van der Waals surface area contributed by atoms with Gasteiger partial charge in [0.25, 0.3) is 23.6 Å². The van der Waals surface area contributed by atoms with Crippen molar-refractivity contribution in [3.05, 3.63) is 147 Å². The molecule has 10 rings (SSSR count). The first-order valence-electron chi connectivity index (χ1n) is 23.7. The van der Waals surface area contributed by atoms with Gasteiger partial charge in [-0.1, -0.05) is 112 Å². The van der Waals surface area contributed by atoms with Crippen molar-refractivity contribution in [2.75, 3.05) is 29.3 Å². The molecule has 0 fully saturated rings. The van der Waals surface area contributed by atoms with Crippen LogP contribution in [0.2, 0.25) is 5.02 Å². The van der Waals surface area contributed by atoms with Gasteiger partial charge in [-0.05, 0) is 100 Å². The van der Waals surface area contributed by atoms with Gasteiger partial charge in [-0.25, -0.2) is 9.88 Å². The zero-order valence-electron chi connectivity index (χ0n) is 38.9. The molecule has 6 aromatic carbocycles. The molecule has 13 heteroatoms. The highest BCUT2D eigenvalue weighted by molar-refractivity contribution is 8.04. The van der Waals surface area contributed by atoms with Crippen molar-refractivity contribution in [2.45, 2.75) is 92.5 Å². The predicted molar refractivity (Wildman–Crippen MR) is 280 cm³/mol. The second-order valence-corrected chi connectivity index (χ2v) is 21.4. The predicted octanol–water partition coefficient (Wildman–Crippen LogP) is 14.1. The van der Waals surface area contributed by atoms with Crippen molar-refractivity contribution in [3.63, 3.8) is 0 Å². The molecule has 0 bridgehead atoms. The lowest BCUT2D eigenvalue weighted by atomic mass is 9.93. The molecule has 9 nitrogen and oxygen atoms in total. The summed E-state index contributed by atoms with van der Waals surface area (Å²) in [6, 6.07) is 29.6. The number of methoxy groups -OCH3 is 1. The number of nitrogens with zero attached hydrogens (tertiary/aromatic N) is 3. The van der Waals surface area contributed by atoms with Crippen LogP contribution in [-0.2, 0) is 11.3 Å². The third-order valence-electron chi connectivity index (χ3n) is 13.4. The zero-order valence-corrected chi connectivity index (χ0v) is 42.1. The minimum absolute atomic E-state index is 0.121. The number of fused-ring (bicyclic) bond motifs is 4. The normalized spacial score (nSPS) is 16.5. The fourth-order valence-electron chi connectivity index (χ4n) is 9.85. The second kappa shape index (κ2) is 19.7. The van der Waals surface area contributed by atoms with Crippen molar-refractivity contribution in [3.8, 4) is 0 Å². The summed E-state index contributed by atoms with van der Waals surface area (Å²) in [5.74, 6) is -0.529. The van der Waals surface area contributed by atoms with E-state index in [2.05, 4.69) is 20.8 Å². The van der Waals surface area contributed by atoms with Crippen LogP contribution in [-0.4, -0.2) is 63.7 Å². The van der Waals surface area contributed by atoms with E-state index in [9.17, 15) is 14.4 Å². The van der Waals surface area contributed by atoms with Crippen molar-refractivity contribution in [1.82, 2.24) is 9.88 Å². The van der Waals surface area contributed by atoms with Crippen LogP contribution in [0.3, 0.4) is 0 Å². The number of Topliss-reactive ketones (excluding diaryl/α,β-unsaturated/α-hetero) is 1. The minimum atomic E-state index is -0.853. The van der Waals surface area contributed by atoms with Gasteiger partial charge in [0.15, 0.2) is 5.78 Å². The zero-order chi connectivity index (χ0) is 48.1. The molecule has 0 radical (unpaired) electrons. The van der Waals surface area contributed by atoms with Gasteiger partial charge < -0.3 is 4.74 Å². The summed E-state index contributed by atoms with van der Waals surface area (Å²) in [6.45, 7) is 6.31. The maximum atomic E-state index is 15.4. The van der Waals surface area contributed by atoms with Crippen LogP contribution in [0, 0.1) is 0 Å². The van der Waals surface area contributed by atoms with Crippen LogP contribution in [0.5, 0.6) is 0 Å². The number of rotatable bonds is 17. The van der Waals surface area contributed by atoms with Crippen molar-refractivity contribution < 1.29 is 28.7 Å². The Kier molecular flexibility index (Phi) is 13.5. The SMILES string of the molecule is CCCCSc1c(Cl)c2c(c(SCCCC)c1SCCCC)C(=O)N(c1ccc(CN3C(=O)c4cccc5cccc(c45)C3=O)c3ccc(C4C(=O)c5cc6ccccc6cc5C4OC)nc13)C2=O. The van der Waals surface area contributed by atoms with Gasteiger partial charge in [0.05, 0.1) is 51.6 Å². The molecule has 1 aromatic heterocycles. The maximum absolute atomic E-state index is 15.4. The molecule has 0 saturated heterocycles. The number of thioether (sulfide) groups is 3. The summed E-state index contributed by atoms with van der Waals surface area (Å²) in [5, 5.41) is 4.10. The molecule has 3 aliphatic rings. The Hall–Kier alpha value is -5.50. The summed E-state index contributed by atoms with van der Waals surface area (Å²) < 4.78 is 6.12. The van der Waals surface area contributed by atoms with E-state index < -0.39 is 35.7 Å². The highest BCUT2D eigenvalue weighted by atomic mass is 35.5. The van der Waals surface area contributed by atoms with Crippen LogP contribution in [0.1, 0.15) is 140 Å². The molecule has 0 N–H and O–H groups in total. The smallest absolute Gasteiger partial charge is 0.267 e. The lowest BCUT2D eigenvalue weighted by Gasteiger charge is -2.28. The summed E-state index contributed by atoms with van der Waals surface area (Å²) in [5.41, 5.74) is 4.04. The van der Waals surface area contributed by atoms with Crippen LogP contribution in [0.15, 0.2) is 112 Å². The molecular weight excluding hydrogens is 942 g/mol. The average Bonchev–Trinajstić information content (AvgIpc) is 3.79. The van der Waals surface area contributed by atoms with Crippen LogP contribution in [0.25, 0.3) is 32.4 Å². The number of halogens is 1. The molecule has 7 aromatic rings. The first-order valence-corrected chi connectivity index (χ1v) is 27.0. The van der Waals surface area contributed by atoms with Crippen LogP contribution < -0.4 is 4.90 Å². The molecule has 350 valence electrons. The van der Waals surface area contributed by atoms with Crippen molar-refractivity contribution >= 4 is 114 Å². The van der Waals surface area contributed by atoms with Gasteiger partial charge in [-0.15, -0.1) is 35.3 Å². The number of ketones is 1. The number of unbranched alkanes of at least 4 members (excludes halogenated alkanes) is 3. The molecule has 69 heavy (non-hydrogen) atoms. The summed E-state index contributed by atoms with van der Waals surface area (Å²) in [4.78, 5) is 84.0. The van der Waals surface area contributed by atoms with Crippen LogP contribution >= 0.6 is 46.9 Å². The number of imide groups is 2. The van der Waals surface area contributed by atoms with E-state index >= 15 is 9.59 Å². The molecule has 2 atom stereocenters. The van der Waals surface area contributed by atoms with E-state index in [1.54, 1.807) is 72.7 Å². The number of carbonyl (C=O) groups is 5. The second-order valence-electron chi connectivity index (χ2n) is 17.7. The number of pyridine rings is 1. The highest BCUT2D eigenvalue weighted by Crippen LogP contribution is 2.52. The van der Waals surface area contributed by atoms with Gasteiger partial charge in [-0.2, -0.15) is 0 Å². The fourth-order valence-corrected chi connectivity index (χ4v) is 14.5. The van der Waals surface area contributed by atoms with Gasteiger partial charge in [0, 0.05) is 49.3 Å². The quantitative estimate of drug-likeness (QED) is 0.0496. The minimum Gasteiger partial charge on any atom is -0.376 e. The lowest BCUT2D eigenvalue weighted by Crippen LogP contribution is -2.39. The number of carbonyl (C=O) groups excluding carboxylic acids is 5. The first-order chi connectivity index (χ1) is 33.6. The Morgan fingerprint density at radius 3 is 1.86 bits per heavy atom. The van der Waals surface area contributed by atoms with E-state index in [4.69, 9.17) is 21.3 Å². The number of ether oxygens (including phenoxy) is 1. The molecule has 0 spiro atoms. The molecule has 0 saturated carbocycles. The van der Waals surface area contributed by atoms with Crippen LogP contribution in [0.4, 0.5) is 5.69 Å². The van der Waals surface area contributed by atoms with Gasteiger partial charge >= 0.3 is 0 Å². The standard InChI is InChI=1S/C56H50ClN3O6S3/c1-5-8-25-67-50-45-44(46(57)51(68-26-9-6-2)52(50)69-27-10-7-3)55(64)60(56(45)65)41-24-21-34(30-59-53(62)36-19-13-17-31-18-14-20-37(42(31)36)54(59)63)35-22-23-40(58-47(35)41)43-48(61)38-28-32-15-11-12-16-33(32)29-39(38)49(43)66-4/h11-24,28-29,43,49H,5-10,25-27,30H2,1-4H3. The number of amides is 4. The number of aromatic nitrogens is 1. The average molecular weight is 993 g/mol. The molecular formula is C56H50ClN3O6S3.